The molecule has 3 nitrogen and oxygen atoms in total. The Hall–Kier alpha value is -0.120. The summed E-state index contributed by atoms with van der Waals surface area (Å²) in [7, 11) is 0. The number of hydrogen-bond acceptors (Lipinski definition) is 3. The fraction of sp³-hybridized carbons (Fsp3) is 1.00. The van der Waals surface area contributed by atoms with Gasteiger partial charge in [0.15, 0.2) is 0 Å². The zero-order chi connectivity index (χ0) is 14.5. The Balaban J connectivity index is 1.72. The second-order valence-corrected chi connectivity index (χ2v) is 7.43. The van der Waals surface area contributed by atoms with Crippen molar-refractivity contribution in [2.45, 2.75) is 89.9 Å². The van der Waals surface area contributed by atoms with Gasteiger partial charge in [0.2, 0.25) is 0 Å². The first-order valence-corrected chi connectivity index (χ1v) is 8.74. The van der Waals surface area contributed by atoms with Crippen LogP contribution in [0.25, 0.3) is 0 Å². The summed E-state index contributed by atoms with van der Waals surface area (Å²) < 4.78 is 0. The van der Waals surface area contributed by atoms with E-state index < -0.39 is 0 Å². The van der Waals surface area contributed by atoms with Crippen molar-refractivity contribution in [2.75, 3.05) is 13.1 Å². The van der Waals surface area contributed by atoms with Gasteiger partial charge in [0, 0.05) is 31.2 Å². The molecule has 1 saturated heterocycles. The third-order valence-corrected chi connectivity index (χ3v) is 5.04. The van der Waals surface area contributed by atoms with Gasteiger partial charge < -0.3 is 10.4 Å². The molecule has 0 aromatic carbocycles. The van der Waals surface area contributed by atoms with Gasteiger partial charge in [-0.2, -0.15) is 0 Å². The molecular weight excluding hydrogens is 248 g/mol. The predicted octanol–water partition coefficient (Wildman–Crippen LogP) is 2.78. The molecule has 2 N–H and O–H groups in total. The maximum Gasteiger partial charge on any atom is 0.0695 e. The van der Waals surface area contributed by atoms with E-state index in [2.05, 4.69) is 31.0 Å². The third-order valence-electron chi connectivity index (χ3n) is 5.04. The summed E-state index contributed by atoms with van der Waals surface area (Å²) in [6.45, 7) is 9.23. The third kappa shape index (κ3) is 4.71. The Morgan fingerprint density at radius 2 is 1.70 bits per heavy atom. The van der Waals surface area contributed by atoms with Gasteiger partial charge in [-0.25, -0.2) is 0 Å². The van der Waals surface area contributed by atoms with Crippen molar-refractivity contribution >= 4 is 0 Å². The largest absolute Gasteiger partial charge is 0.391 e. The zero-order valence-corrected chi connectivity index (χ0v) is 13.6. The second kappa shape index (κ2) is 7.77. The average Bonchev–Trinajstić information content (AvgIpc) is 2.39. The molecule has 2 fully saturated rings. The quantitative estimate of drug-likeness (QED) is 0.814. The van der Waals surface area contributed by atoms with Gasteiger partial charge in [-0.1, -0.05) is 26.7 Å². The molecule has 3 atom stereocenters. The summed E-state index contributed by atoms with van der Waals surface area (Å²) in [6.07, 6.45) is 8.39. The Morgan fingerprint density at radius 3 is 2.30 bits per heavy atom. The fourth-order valence-electron chi connectivity index (χ4n) is 4.09. The maximum absolute atomic E-state index is 10.2. The molecule has 2 rings (SSSR count). The number of hydrogen-bond donors (Lipinski definition) is 2. The van der Waals surface area contributed by atoms with Crippen LogP contribution in [-0.2, 0) is 0 Å². The summed E-state index contributed by atoms with van der Waals surface area (Å²) in [5.74, 6) is 0.773. The molecule has 1 heterocycles. The van der Waals surface area contributed by atoms with E-state index in [0.717, 1.165) is 25.4 Å². The van der Waals surface area contributed by atoms with Gasteiger partial charge in [0.05, 0.1) is 6.10 Å². The Kier molecular flexibility index (Phi) is 6.31. The number of likely N-dealkylation sites (tertiary alicyclic amines) is 1. The molecule has 0 radical (unpaired) electrons. The minimum Gasteiger partial charge on any atom is -0.391 e. The highest BCUT2D eigenvalue weighted by atomic mass is 16.3. The minimum atomic E-state index is -0.0758. The number of aliphatic hydroxyl groups excluding tert-OH is 1. The van der Waals surface area contributed by atoms with Crippen LogP contribution in [0, 0.1) is 5.92 Å². The van der Waals surface area contributed by atoms with E-state index in [4.69, 9.17) is 0 Å². The van der Waals surface area contributed by atoms with Crippen molar-refractivity contribution in [3.05, 3.63) is 0 Å². The first kappa shape index (κ1) is 16.3. The van der Waals surface area contributed by atoms with Gasteiger partial charge >= 0.3 is 0 Å². The first-order chi connectivity index (χ1) is 9.56. The van der Waals surface area contributed by atoms with Gasteiger partial charge in [0.1, 0.15) is 0 Å². The number of rotatable bonds is 5. The molecule has 1 aliphatic heterocycles. The number of nitrogens with zero attached hydrogens (tertiary/aromatic N) is 1. The van der Waals surface area contributed by atoms with Crippen LogP contribution < -0.4 is 5.32 Å². The lowest BCUT2D eigenvalue weighted by Gasteiger charge is -2.42. The molecule has 3 unspecified atom stereocenters. The van der Waals surface area contributed by atoms with Gasteiger partial charge in [-0.05, 0) is 44.9 Å². The zero-order valence-electron chi connectivity index (χ0n) is 13.6. The second-order valence-electron chi connectivity index (χ2n) is 7.43. The number of aliphatic hydroxyl groups is 1. The first-order valence-electron chi connectivity index (χ1n) is 8.74. The van der Waals surface area contributed by atoms with Crippen LogP contribution in [0.4, 0.5) is 0 Å². The number of nitrogens with one attached hydrogen (secondary N) is 1. The van der Waals surface area contributed by atoms with Gasteiger partial charge in [-0.3, -0.25) is 4.90 Å². The summed E-state index contributed by atoms with van der Waals surface area (Å²) in [5.41, 5.74) is 0. The molecule has 0 spiro atoms. The van der Waals surface area contributed by atoms with E-state index in [1.54, 1.807) is 0 Å². The molecule has 0 aromatic heterocycles. The molecule has 0 bridgehead atoms. The van der Waals surface area contributed by atoms with Crippen LogP contribution in [-0.4, -0.2) is 47.3 Å². The summed E-state index contributed by atoms with van der Waals surface area (Å²) in [4.78, 5) is 2.55. The topological polar surface area (TPSA) is 35.5 Å². The van der Waals surface area contributed by atoms with Crippen molar-refractivity contribution in [2.24, 2.45) is 5.92 Å². The van der Waals surface area contributed by atoms with Crippen molar-refractivity contribution < 1.29 is 5.11 Å². The van der Waals surface area contributed by atoms with Crippen molar-refractivity contribution in [1.29, 1.82) is 0 Å². The lowest BCUT2D eigenvalue weighted by Crippen LogP contribution is -2.52. The van der Waals surface area contributed by atoms with E-state index in [0.29, 0.717) is 18.1 Å². The summed E-state index contributed by atoms with van der Waals surface area (Å²) in [6, 6.07) is 1.75. The standard InChI is InChI=1S/C17H34N2O/c1-13(2)12-14(3)18-15-8-10-19(11-9-15)16-6-4-5-7-17(16)20/h13-18,20H,4-12H2,1-3H3. The van der Waals surface area contributed by atoms with Crippen molar-refractivity contribution in [3.63, 3.8) is 0 Å². The van der Waals surface area contributed by atoms with E-state index >= 15 is 0 Å². The maximum atomic E-state index is 10.2. The van der Waals surface area contributed by atoms with E-state index in [-0.39, 0.29) is 6.10 Å². The Bertz CT molecular complexity index is 274. The average molecular weight is 282 g/mol. The lowest BCUT2D eigenvalue weighted by atomic mass is 9.89. The van der Waals surface area contributed by atoms with Crippen molar-refractivity contribution in [1.82, 2.24) is 10.2 Å². The summed E-state index contributed by atoms with van der Waals surface area (Å²) in [5, 5.41) is 14.0. The molecule has 0 amide bonds. The molecule has 20 heavy (non-hydrogen) atoms. The van der Waals surface area contributed by atoms with Crippen molar-refractivity contribution in [3.8, 4) is 0 Å². The number of piperidine rings is 1. The SMILES string of the molecule is CC(C)CC(C)NC1CCN(C2CCCCC2O)CC1. The predicted molar refractivity (Wildman–Crippen MR) is 84.9 cm³/mol. The molecule has 1 aliphatic carbocycles. The monoisotopic (exact) mass is 282 g/mol. The van der Waals surface area contributed by atoms with Gasteiger partial charge in [-0.15, -0.1) is 0 Å². The molecule has 2 aliphatic rings. The van der Waals surface area contributed by atoms with Crippen LogP contribution >= 0.6 is 0 Å². The molecular formula is C17H34N2O. The minimum absolute atomic E-state index is 0.0758. The highest BCUT2D eigenvalue weighted by Crippen LogP contribution is 2.26. The molecule has 118 valence electrons. The van der Waals surface area contributed by atoms with Gasteiger partial charge in [0.25, 0.3) is 0 Å². The highest BCUT2D eigenvalue weighted by molar-refractivity contribution is 4.88. The van der Waals surface area contributed by atoms with Crippen LogP contribution in [0.5, 0.6) is 0 Å². The lowest BCUT2D eigenvalue weighted by molar-refractivity contribution is 0.00660. The van der Waals surface area contributed by atoms with Crippen LogP contribution in [0.15, 0.2) is 0 Å². The Morgan fingerprint density at radius 1 is 1.05 bits per heavy atom. The Labute approximate surface area is 125 Å². The molecule has 0 aromatic rings. The normalized spacial score (nSPS) is 31.6. The van der Waals surface area contributed by atoms with Crippen LogP contribution in [0.3, 0.4) is 0 Å². The molecule has 1 saturated carbocycles. The smallest absolute Gasteiger partial charge is 0.0695 e. The molecule has 3 heteroatoms. The van der Waals surface area contributed by atoms with Crippen LogP contribution in [0.2, 0.25) is 0 Å². The van der Waals surface area contributed by atoms with E-state index in [1.165, 1.54) is 38.5 Å². The van der Waals surface area contributed by atoms with E-state index in [1.807, 2.05) is 0 Å². The summed E-state index contributed by atoms with van der Waals surface area (Å²) >= 11 is 0. The van der Waals surface area contributed by atoms with E-state index in [9.17, 15) is 5.11 Å². The highest BCUT2D eigenvalue weighted by Gasteiger charge is 2.31. The van der Waals surface area contributed by atoms with Crippen LogP contribution in [0.1, 0.15) is 65.7 Å². The fourth-order valence-corrected chi connectivity index (χ4v) is 4.09.